The standard InChI is InChI=1S/C15H23N3O/c1-4-19-11-10-18(3)13-15(12-16,17-2)14-8-6-5-7-9-14/h5-9,17H,4,10-11,13H2,1-3H3. The topological polar surface area (TPSA) is 48.3 Å². The van der Waals surface area contributed by atoms with Crippen LogP contribution in [0.3, 0.4) is 0 Å². The van der Waals surface area contributed by atoms with Gasteiger partial charge in [-0.25, -0.2) is 0 Å². The number of rotatable bonds is 8. The van der Waals surface area contributed by atoms with Gasteiger partial charge in [0.25, 0.3) is 0 Å². The van der Waals surface area contributed by atoms with Gasteiger partial charge in [-0.3, -0.25) is 5.32 Å². The van der Waals surface area contributed by atoms with Gasteiger partial charge in [-0.05, 0) is 26.6 Å². The fourth-order valence-corrected chi connectivity index (χ4v) is 2.04. The summed E-state index contributed by atoms with van der Waals surface area (Å²) in [5, 5.41) is 12.7. The van der Waals surface area contributed by atoms with Crippen LogP contribution in [-0.2, 0) is 10.3 Å². The molecule has 0 bridgehead atoms. The van der Waals surface area contributed by atoms with Crippen LogP contribution >= 0.6 is 0 Å². The molecule has 0 aliphatic carbocycles. The number of nitrogens with zero attached hydrogens (tertiary/aromatic N) is 2. The van der Waals surface area contributed by atoms with Crippen molar-refractivity contribution in [1.29, 1.82) is 5.26 Å². The molecule has 0 heterocycles. The average molecular weight is 261 g/mol. The van der Waals surface area contributed by atoms with Gasteiger partial charge in [0.2, 0.25) is 0 Å². The molecule has 0 spiro atoms. The van der Waals surface area contributed by atoms with Crippen molar-refractivity contribution in [1.82, 2.24) is 10.2 Å². The lowest BCUT2D eigenvalue weighted by atomic mass is 9.91. The van der Waals surface area contributed by atoms with Crippen molar-refractivity contribution in [2.24, 2.45) is 0 Å². The first kappa shape index (κ1) is 15.6. The third-order valence-electron chi connectivity index (χ3n) is 3.21. The molecule has 0 saturated carbocycles. The molecule has 0 aromatic heterocycles. The second-order valence-electron chi connectivity index (χ2n) is 4.57. The van der Waals surface area contributed by atoms with Gasteiger partial charge in [-0.15, -0.1) is 0 Å². The van der Waals surface area contributed by atoms with Crippen LogP contribution in [0.5, 0.6) is 0 Å². The Morgan fingerprint density at radius 3 is 2.58 bits per heavy atom. The number of nitriles is 1. The van der Waals surface area contributed by atoms with E-state index in [1.807, 2.05) is 51.4 Å². The molecule has 0 aliphatic heterocycles. The lowest BCUT2D eigenvalue weighted by Gasteiger charge is -2.31. The van der Waals surface area contributed by atoms with Crippen LogP contribution in [0, 0.1) is 11.3 Å². The highest BCUT2D eigenvalue weighted by Gasteiger charge is 2.31. The summed E-state index contributed by atoms with van der Waals surface area (Å²) in [7, 11) is 3.83. The summed E-state index contributed by atoms with van der Waals surface area (Å²) in [5.74, 6) is 0. The maximum absolute atomic E-state index is 9.58. The van der Waals surface area contributed by atoms with Gasteiger partial charge < -0.3 is 9.64 Å². The Labute approximate surface area is 116 Å². The first-order valence-electron chi connectivity index (χ1n) is 6.60. The molecule has 1 aromatic carbocycles. The highest BCUT2D eigenvalue weighted by atomic mass is 16.5. The van der Waals surface area contributed by atoms with Gasteiger partial charge in [0.05, 0.1) is 12.7 Å². The third-order valence-corrected chi connectivity index (χ3v) is 3.21. The van der Waals surface area contributed by atoms with E-state index in [2.05, 4.69) is 16.3 Å². The van der Waals surface area contributed by atoms with E-state index >= 15 is 0 Å². The number of likely N-dealkylation sites (N-methyl/N-ethyl adjacent to an activating group) is 2. The summed E-state index contributed by atoms with van der Waals surface area (Å²) in [6.45, 7) is 4.83. The van der Waals surface area contributed by atoms with Gasteiger partial charge in [0.1, 0.15) is 5.54 Å². The summed E-state index contributed by atoms with van der Waals surface area (Å²) in [5.41, 5.74) is 0.311. The molecule has 0 amide bonds. The van der Waals surface area contributed by atoms with Crippen molar-refractivity contribution in [3.05, 3.63) is 35.9 Å². The normalized spacial score (nSPS) is 14.1. The Morgan fingerprint density at radius 1 is 1.37 bits per heavy atom. The van der Waals surface area contributed by atoms with E-state index in [0.29, 0.717) is 13.2 Å². The zero-order chi connectivity index (χ0) is 14.1. The quantitative estimate of drug-likeness (QED) is 0.722. The van der Waals surface area contributed by atoms with Crippen LogP contribution in [0.2, 0.25) is 0 Å². The number of nitrogens with one attached hydrogen (secondary N) is 1. The van der Waals surface area contributed by atoms with Crippen LogP contribution in [0.4, 0.5) is 0 Å². The molecule has 0 radical (unpaired) electrons. The summed E-state index contributed by atoms with van der Waals surface area (Å²) >= 11 is 0. The smallest absolute Gasteiger partial charge is 0.144 e. The minimum atomic E-state index is -0.678. The third kappa shape index (κ3) is 4.32. The van der Waals surface area contributed by atoms with Crippen LogP contribution in [0.15, 0.2) is 30.3 Å². The molecule has 104 valence electrons. The maximum atomic E-state index is 9.58. The number of ether oxygens (including phenoxy) is 1. The lowest BCUT2D eigenvalue weighted by molar-refractivity contribution is 0.115. The monoisotopic (exact) mass is 261 g/mol. The largest absolute Gasteiger partial charge is 0.380 e. The van der Waals surface area contributed by atoms with E-state index in [-0.39, 0.29) is 0 Å². The van der Waals surface area contributed by atoms with Crippen LogP contribution in [0.1, 0.15) is 12.5 Å². The molecule has 0 aliphatic rings. The molecule has 1 unspecified atom stereocenters. The molecule has 1 aromatic rings. The van der Waals surface area contributed by atoms with Crippen molar-refractivity contribution < 1.29 is 4.74 Å². The molecule has 4 nitrogen and oxygen atoms in total. The second-order valence-corrected chi connectivity index (χ2v) is 4.57. The molecular weight excluding hydrogens is 238 g/mol. The van der Waals surface area contributed by atoms with Crippen LogP contribution < -0.4 is 5.32 Å². The molecule has 0 fully saturated rings. The predicted molar refractivity (Wildman–Crippen MR) is 76.8 cm³/mol. The van der Waals surface area contributed by atoms with Crippen molar-refractivity contribution in [2.75, 3.05) is 40.4 Å². The first-order chi connectivity index (χ1) is 9.18. The SMILES string of the molecule is CCOCCN(C)CC(C#N)(NC)c1ccccc1. The summed E-state index contributed by atoms with van der Waals surface area (Å²) < 4.78 is 5.35. The van der Waals surface area contributed by atoms with E-state index in [1.54, 1.807) is 0 Å². The van der Waals surface area contributed by atoms with Gasteiger partial charge in [0, 0.05) is 19.7 Å². The molecule has 4 heteroatoms. The second kappa shape index (κ2) is 7.90. The van der Waals surface area contributed by atoms with Crippen molar-refractivity contribution in [3.63, 3.8) is 0 Å². The maximum Gasteiger partial charge on any atom is 0.144 e. The summed E-state index contributed by atoms with van der Waals surface area (Å²) in [6, 6.07) is 12.2. The van der Waals surface area contributed by atoms with Crippen molar-refractivity contribution in [3.8, 4) is 6.07 Å². The molecule has 19 heavy (non-hydrogen) atoms. The van der Waals surface area contributed by atoms with E-state index in [1.165, 1.54) is 0 Å². The Hall–Kier alpha value is -1.41. The highest BCUT2D eigenvalue weighted by Crippen LogP contribution is 2.20. The van der Waals surface area contributed by atoms with E-state index in [9.17, 15) is 5.26 Å². The Bertz CT molecular complexity index is 402. The zero-order valence-corrected chi connectivity index (χ0v) is 12.0. The van der Waals surface area contributed by atoms with Gasteiger partial charge in [-0.2, -0.15) is 5.26 Å². The van der Waals surface area contributed by atoms with Crippen molar-refractivity contribution >= 4 is 0 Å². The fourth-order valence-electron chi connectivity index (χ4n) is 2.04. The first-order valence-corrected chi connectivity index (χ1v) is 6.60. The zero-order valence-electron chi connectivity index (χ0n) is 12.0. The Kier molecular flexibility index (Phi) is 6.51. The Morgan fingerprint density at radius 2 is 2.05 bits per heavy atom. The van der Waals surface area contributed by atoms with Gasteiger partial charge in [-0.1, -0.05) is 30.3 Å². The fraction of sp³-hybridized carbons (Fsp3) is 0.533. The van der Waals surface area contributed by atoms with Crippen LogP contribution in [0.25, 0.3) is 0 Å². The predicted octanol–water partition coefficient (Wildman–Crippen LogP) is 1.59. The Balaban J connectivity index is 2.75. The lowest BCUT2D eigenvalue weighted by Crippen LogP contribution is -2.48. The molecule has 1 atom stereocenters. The van der Waals surface area contributed by atoms with E-state index in [0.717, 1.165) is 18.7 Å². The summed E-state index contributed by atoms with van der Waals surface area (Å²) in [4.78, 5) is 2.11. The van der Waals surface area contributed by atoms with Crippen LogP contribution in [-0.4, -0.2) is 45.3 Å². The average Bonchev–Trinajstić information content (AvgIpc) is 2.46. The number of benzene rings is 1. The molecule has 0 saturated heterocycles. The van der Waals surface area contributed by atoms with Gasteiger partial charge >= 0.3 is 0 Å². The summed E-state index contributed by atoms with van der Waals surface area (Å²) in [6.07, 6.45) is 0. The minimum absolute atomic E-state index is 0.622. The van der Waals surface area contributed by atoms with E-state index in [4.69, 9.17) is 4.74 Å². The molecule has 1 rings (SSSR count). The van der Waals surface area contributed by atoms with Crippen molar-refractivity contribution in [2.45, 2.75) is 12.5 Å². The number of hydrogen-bond donors (Lipinski definition) is 1. The minimum Gasteiger partial charge on any atom is -0.380 e. The molecular formula is C15H23N3O. The molecule has 1 N–H and O–H groups in total. The highest BCUT2D eigenvalue weighted by molar-refractivity contribution is 5.31. The van der Waals surface area contributed by atoms with E-state index < -0.39 is 5.54 Å². The number of hydrogen-bond acceptors (Lipinski definition) is 4. The van der Waals surface area contributed by atoms with Gasteiger partial charge in [0.15, 0.2) is 0 Å².